The molecule has 1 atom stereocenters. The SMILES string of the molecule is CS(=N)(=O)c1cc(NC(=O)c2c(C(F)(F)F)c(C3CC3)nn2CC2(F)CC3(CCC3)C2)ccn1. The van der Waals surface area contributed by atoms with Gasteiger partial charge in [0.05, 0.1) is 22.0 Å². The van der Waals surface area contributed by atoms with Crippen molar-refractivity contribution in [2.24, 2.45) is 5.41 Å². The second-order valence-electron chi connectivity index (χ2n) is 10.1. The molecule has 0 aromatic carbocycles. The van der Waals surface area contributed by atoms with E-state index in [1.165, 1.54) is 18.3 Å². The van der Waals surface area contributed by atoms with Gasteiger partial charge in [-0.25, -0.2) is 18.4 Å². The number of halogens is 4. The summed E-state index contributed by atoms with van der Waals surface area (Å²) in [6, 6.07) is 2.51. The predicted octanol–water partition coefficient (Wildman–Crippen LogP) is 5.13. The molecule has 34 heavy (non-hydrogen) atoms. The van der Waals surface area contributed by atoms with Crippen molar-refractivity contribution in [3.8, 4) is 0 Å². The van der Waals surface area contributed by atoms with Crippen LogP contribution >= 0.6 is 0 Å². The Morgan fingerprint density at radius 1 is 1.32 bits per heavy atom. The maximum atomic E-state index is 15.5. The summed E-state index contributed by atoms with van der Waals surface area (Å²) in [7, 11) is -3.20. The molecule has 0 bridgehead atoms. The predicted molar refractivity (Wildman–Crippen MR) is 116 cm³/mol. The minimum absolute atomic E-state index is 0.0395. The Kier molecular flexibility index (Phi) is 5.13. The van der Waals surface area contributed by atoms with E-state index in [4.69, 9.17) is 4.78 Å². The summed E-state index contributed by atoms with van der Waals surface area (Å²) < 4.78 is 78.5. The second-order valence-corrected chi connectivity index (χ2v) is 12.2. The van der Waals surface area contributed by atoms with Gasteiger partial charge in [0.15, 0.2) is 0 Å². The van der Waals surface area contributed by atoms with Gasteiger partial charge in [-0.15, -0.1) is 0 Å². The van der Waals surface area contributed by atoms with Crippen molar-refractivity contribution in [2.45, 2.75) is 74.3 Å². The number of rotatable bonds is 6. The molecule has 3 aliphatic carbocycles. The molecule has 3 aliphatic rings. The number of amides is 1. The highest BCUT2D eigenvalue weighted by atomic mass is 32.2. The van der Waals surface area contributed by atoms with Crippen LogP contribution in [-0.4, -0.2) is 36.8 Å². The topological polar surface area (TPSA) is 101 Å². The zero-order valence-electron chi connectivity index (χ0n) is 18.5. The number of carbonyl (C=O) groups excluding carboxylic acids is 1. The van der Waals surface area contributed by atoms with Crippen molar-refractivity contribution in [1.82, 2.24) is 14.8 Å². The molecule has 1 spiro atoms. The Morgan fingerprint density at radius 3 is 2.53 bits per heavy atom. The van der Waals surface area contributed by atoms with Crippen molar-refractivity contribution in [3.63, 3.8) is 0 Å². The van der Waals surface area contributed by atoms with E-state index in [-0.39, 0.29) is 34.7 Å². The molecule has 2 N–H and O–H groups in total. The van der Waals surface area contributed by atoms with E-state index in [0.29, 0.717) is 12.8 Å². The second kappa shape index (κ2) is 7.50. The van der Waals surface area contributed by atoms with Crippen LogP contribution in [-0.2, 0) is 22.5 Å². The van der Waals surface area contributed by atoms with Crippen molar-refractivity contribution >= 4 is 21.3 Å². The van der Waals surface area contributed by atoms with E-state index in [0.717, 1.165) is 30.2 Å². The highest BCUT2D eigenvalue weighted by Gasteiger charge is 2.58. The van der Waals surface area contributed by atoms with Gasteiger partial charge in [0.1, 0.15) is 22.0 Å². The Bertz CT molecular complexity index is 1250. The lowest BCUT2D eigenvalue weighted by molar-refractivity contribution is -0.139. The van der Waals surface area contributed by atoms with Crippen molar-refractivity contribution in [1.29, 1.82) is 4.78 Å². The molecular weight excluding hydrogens is 474 g/mol. The first-order chi connectivity index (χ1) is 15.8. The average molecular weight is 500 g/mol. The van der Waals surface area contributed by atoms with Gasteiger partial charge in [-0.05, 0) is 56.1 Å². The highest BCUT2D eigenvalue weighted by molar-refractivity contribution is 7.91. The van der Waals surface area contributed by atoms with Gasteiger partial charge in [-0.2, -0.15) is 18.3 Å². The molecule has 1 unspecified atom stereocenters. The first-order valence-corrected chi connectivity index (χ1v) is 13.1. The number of hydrogen-bond donors (Lipinski definition) is 2. The van der Waals surface area contributed by atoms with Crippen LogP contribution in [0.5, 0.6) is 0 Å². The molecule has 0 radical (unpaired) electrons. The summed E-state index contributed by atoms with van der Waals surface area (Å²) in [5.74, 6) is -1.49. The van der Waals surface area contributed by atoms with Crippen LogP contribution in [0.4, 0.5) is 23.2 Å². The number of nitrogens with zero attached hydrogens (tertiary/aromatic N) is 3. The zero-order chi connectivity index (χ0) is 24.5. The number of carbonyl (C=O) groups is 1. The van der Waals surface area contributed by atoms with E-state index in [2.05, 4.69) is 15.4 Å². The Labute approximate surface area is 194 Å². The molecule has 0 aliphatic heterocycles. The fourth-order valence-corrected chi connectivity index (χ4v) is 5.95. The molecule has 12 heteroatoms. The van der Waals surface area contributed by atoms with Crippen LogP contribution in [0.25, 0.3) is 0 Å². The summed E-state index contributed by atoms with van der Waals surface area (Å²) in [6.07, 6.45) is 2.00. The van der Waals surface area contributed by atoms with E-state index in [1.807, 2.05) is 0 Å². The third kappa shape index (κ3) is 4.20. The summed E-state index contributed by atoms with van der Waals surface area (Å²) in [5.41, 5.74) is -3.76. The van der Waals surface area contributed by atoms with Gasteiger partial charge >= 0.3 is 6.18 Å². The van der Waals surface area contributed by atoms with Crippen LogP contribution in [0.2, 0.25) is 0 Å². The van der Waals surface area contributed by atoms with Gasteiger partial charge in [0, 0.05) is 24.1 Å². The van der Waals surface area contributed by atoms with Gasteiger partial charge in [0.2, 0.25) is 0 Å². The van der Waals surface area contributed by atoms with Crippen LogP contribution in [0.15, 0.2) is 23.4 Å². The first kappa shape index (κ1) is 23.3. The summed E-state index contributed by atoms with van der Waals surface area (Å²) in [6.45, 7) is -0.412. The zero-order valence-corrected chi connectivity index (χ0v) is 19.4. The van der Waals surface area contributed by atoms with E-state index in [9.17, 15) is 22.2 Å². The monoisotopic (exact) mass is 499 g/mol. The van der Waals surface area contributed by atoms with E-state index >= 15 is 4.39 Å². The van der Waals surface area contributed by atoms with Crippen molar-refractivity contribution in [3.05, 3.63) is 35.3 Å². The third-order valence-electron chi connectivity index (χ3n) is 7.06. The molecule has 3 fully saturated rings. The fraction of sp³-hybridized carbons (Fsp3) is 0.591. The summed E-state index contributed by atoms with van der Waals surface area (Å²) in [4.78, 5) is 17.0. The summed E-state index contributed by atoms with van der Waals surface area (Å²) in [5, 5.41) is 6.40. The smallest absolute Gasteiger partial charge is 0.320 e. The van der Waals surface area contributed by atoms with Crippen LogP contribution in [0, 0.1) is 10.2 Å². The van der Waals surface area contributed by atoms with Crippen LogP contribution in [0.1, 0.15) is 72.6 Å². The van der Waals surface area contributed by atoms with Crippen molar-refractivity contribution < 1.29 is 26.6 Å². The molecule has 7 nitrogen and oxygen atoms in total. The van der Waals surface area contributed by atoms with Gasteiger partial charge in [-0.1, -0.05) is 6.42 Å². The van der Waals surface area contributed by atoms with Gasteiger partial charge < -0.3 is 5.32 Å². The molecular formula is C22H25F4N5O2S. The molecule has 0 saturated heterocycles. The lowest BCUT2D eigenvalue weighted by Crippen LogP contribution is -2.54. The standard InChI is InChI=1S/C22H25F4N5O2S/c1-34(27,33)15-9-14(5-8-28-15)29-19(32)18-16(22(24,25)26)17(13-3-4-13)30-31(18)12-21(23)10-20(11-21)6-2-7-20/h5,8-9,13,27H,2-4,6-7,10-12H2,1H3,(H,28,29,32). The maximum Gasteiger partial charge on any atom is 0.420 e. The molecule has 2 heterocycles. The maximum absolute atomic E-state index is 15.5. The van der Waals surface area contributed by atoms with Crippen LogP contribution in [0.3, 0.4) is 0 Å². The largest absolute Gasteiger partial charge is 0.420 e. The first-order valence-electron chi connectivity index (χ1n) is 11.2. The number of anilines is 1. The molecule has 184 valence electrons. The molecule has 5 rings (SSSR count). The fourth-order valence-electron chi connectivity index (χ4n) is 5.34. The average Bonchev–Trinajstić information content (AvgIpc) is 3.44. The Hall–Kier alpha value is -2.50. The number of nitrogens with one attached hydrogen (secondary N) is 2. The number of pyridine rings is 1. The van der Waals surface area contributed by atoms with Crippen molar-refractivity contribution in [2.75, 3.05) is 11.6 Å². The molecule has 2 aromatic rings. The third-order valence-corrected chi connectivity index (χ3v) is 8.09. The number of hydrogen-bond acceptors (Lipinski definition) is 5. The molecule has 2 aromatic heterocycles. The highest BCUT2D eigenvalue weighted by Crippen LogP contribution is 2.62. The normalized spacial score (nSPS) is 22.5. The lowest BCUT2D eigenvalue weighted by Gasteiger charge is -2.57. The van der Waals surface area contributed by atoms with E-state index < -0.39 is 51.2 Å². The molecule has 3 saturated carbocycles. The van der Waals surface area contributed by atoms with Gasteiger partial charge in [-0.3, -0.25) is 9.48 Å². The summed E-state index contributed by atoms with van der Waals surface area (Å²) >= 11 is 0. The quantitative estimate of drug-likeness (QED) is 0.538. The van der Waals surface area contributed by atoms with Gasteiger partial charge in [0.25, 0.3) is 5.91 Å². The minimum atomic E-state index is -4.84. The Morgan fingerprint density at radius 2 is 2.00 bits per heavy atom. The number of aromatic nitrogens is 3. The van der Waals surface area contributed by atoms with Crippen LogP contribution < -0.4 is 5.32 Å². The van der Waals surface area contributed by atoms with E-state index in [1.54, 1.807) is 0 Å². The molecule has 1 amide bonds. The minimum Gasteiger partial charge on any atom is -0.320 e. The Balaban J connectivity index is 1.51. The number of alkyl halides is 4. The lowest BCUT2D eigenvalue weighted by atomic mass is 9.50.